The molecule has 0 bridgehead atoms. The Morgan fingerprint density at radius 2 is 1.76 bits per heavy atom. The van der Waals surface area contributed by atoms with Crippen molar-refractivity contribution in [1.29, 1.82) is 0 Å². The summed E-state index contributed by atoms with van der Waals surface area (Å²) >= 11 is 0. The second kappa shape index (κ2) is 11.8. The van der Waals surface area contributed by atoms with Crippen molar-refractivity contribution >= 4 is 0 Å². The van der Waals surface area contributed by atoms with Crippen LogP contribution in [0.15, 0.2) is 30.3 Å². The summed E-state index contributed by atoms with van der Waals surface area (Å²) in [6.45, 7) is 15.8. The monoisotopic (exact) mass is 635 g/mol. The van der Waals surface area contributed by atoms with Gasteiger partial charge in [0.2, 0.25) is 0 Å². The van der Waals surface area contributed by atoms with Crippen molar-refractivity contribution in [2.45, 2.75) is 142 Å². The van der Waals surface area contributed by atoms with E-state index in [9.17, 15) is 5.11 Å². The maximum atomic E-state index is 10.5. The van der Waals surface area contributed by atoms with Crippen LogP contribution in [-0.4, -0.2) is 73.1 Å². The lowest BCUT2D eigenvalue weighted by Crippen LogP contribution is -2.56. The highest BCUT2D eigenvalue weighted by Crippen LogP contribution is 2.87. The van der Waals surface area contributed by atoms with Gasteiger partial charge < -0.3 is 24.1 Å². The number of aliphatic hydroxyl groups is 1. The topological polar surface area (TPSA) is 60.4 Å². The smallest absolute Gasteiger partial charge is 0.170 e. The van der Waals surface area contributed by atoms with E-state index >= 15 is 0 Å². The standard InChI is InChI=1S/C40H61NO5/c1-6-43-36(26(2)42)31-14-12-29-32(45-31)22-30-28-13-15-33-37(3,4)34(16-17-40(33)25-39(28,40)19-18-38(29,30)5)46-35-24-41(20-21-44-35)23-27-10-8-7-9-11-27/h7-11,26,28-36,42H,6,12-25H2,1-5H3. The number of morpholine rings is 1. The lowest BCUT2D eigenvalue weighted by atomic mass is 9.46. The predicted octanol–water partition coefficient (Wildman–Crippen LogP) is 7.22. The fourth-order valence-electron chi connectivity index (χ4n) is 13.4. The van der Waals surface area contributed by atoms with E-state index in [1.165, 1.54) is 63.4 Å². The summed E-state index contributed by atoms with van der Waals surface area (Å²) in [5, 5.41) is 10.5. The van der Waals surface area contributed by atoms with Crippen LogP contribution in [0.4, 0.5) is 0 Å². The molecule has 13 unspecified atom stereocenters. The normalized spacial score (nSPS) is 47.4. The molecule has 8 rings (SSSR count). The number of benzene rings is 1. The third kappa shape index (κ3) is 4.93. The van der Waals surface area contributed by atoms with Crippen LogP contribution < -0.4 is 0 Å². The summed E-state index contributed by atoms with van der Waals surface area (Å²) in [5.41, 5.74) is 2.97. The largest absolute Gasteiger partial charge is 0.391 e. The van der Waals surface area contributed by atoms with E-state index in [0.29, 0.717) is 34.9 Å². The molecule has 6 nitrogen and oxygen atoms in total. The van der Waals surface area contributed by atoms with E-state index in [1.807, 2.05) is 13.8 Å². The molecular weight excluding hydrogens is 574 g/mol. The van der Waals surface area contributed by atoms with Crippen LogP contribution in [0.2, 0.25) is 0 Å². The Labute approximate surface area is 278 Å². The number of hydrogen-bond acceptors (Lipinski definition) is 6. The average molecular weight is 636 g/mol. The van der Waals surface area contributed by atoms with Crippen LogP contribution in [-0.2, 0) is 25.5 Å². The number of ether oxygens (including phenoxy) is 4. The molecule has 13 atom stereocenters. The van der Waals surface area contributed by atoms with Gasteiger partial charge in [-0.25, -0.2) is 0 Å². The minimum atomic E-state index is -0.494. The summed E-state index contributed by atoms with van der Waals surface area (Å²) in [6, 6.07) is 10.8. The Morgan fingerprint density at radius 3 is 2.54 bits per heavy atom. The van der Waals surface area contributed by atoms with Crippen molar-refractivity contribution < 1.29 is 24.1 Å². The Kier molecular flexibility index (Phi) is 8.26. The minimum Gasteiger partial charge on any atom is -0.391 e. The first-order valence-electron chi connectivity index (χ1n) is 19.1. The first kappa shape index (κ1) is 32.2. The summed E-state index contributed by atoms with van der Waals surface area (Å²) in [7, 11) is 0. The molecule has 2 saturated heterocycles. The zero-order valence-corrected chi connectivity index (χ0v) is 29.3. The SMILES string of the molecule is CCOC(C(C)O)C1CCC2C(CC3C4CCC5C(C)(C)C(OC6CN(Cc7ccccc7)CCO6)CCC56CC46CCC23C)O1. The number of rotatable bonds is 8. The molecule has 7 fully saturated rings. The molecule has 6 heteroatoms. The third-order valence-electron chi connectivity index (χ3n) is 15.4. The highest BCUT2D eigenvalue weighted by atomic mass is 16.7. The van der Waals surface area contributed by atoms with Crippen LogP contribution in [0.5, 0.6) is 0 Å². The van der Waals surface area contributed by atoms with Gasteiger partial charge in [0.1, 0.15) is 6.10 Å². The van der Waals surface area contributed by atoms with E-state index in [4.69, 9.17) is 18.9 Å². The van der Waals surface area contributed by atoms with E-state index in [-0.39, 0.29) is 30.0 Å². The molecule has 5 saturated carbocycles. The molecule has 256 valence electrons. The number of fused-ring (bicyclic) bond motifs is 4. The first-order valence-corrected chi connectivity index (χ1v) is 19.1. The predicted molar refractivity (Wildman–Crippen MR) is 179 cm³/mol. The molecule has 0 amide bonds. The molecule has 7 aliphatic rings. The molecule has 1 N–H and O–H groups in total. The van der Waals surface area contributed by atoms with Crippen LogP contribution >= 0.6 is 0 Å². The van der Waals surface area contributed by atoms with Crippen LogP contribution in [0.1, 0.15) is 104 Å². The lowest BCUT2D eigenvalue weighted by Gasteiger charge is -2.60. The summed E-state index contributed by atoms with van der Waals surface area (Å²) in [4.78, 5) is 2.51. The van der Waals surface area contributed by atoms with Gasteiger partial charge in [-0.15, -0.1) is 0 Å². The van der Waals surface area contributed by atoms with Crippen molar-refractivity contribution in [1.82, 2.24) is 4.90 Å². The molecule has 2 aliphatic heterocycles. The van der Waals surface area contributed by atoms with Crippen LogP contribution in [0.25, 0.3) is 0 Å². The van der Waals surface area contributed by atoms with Crippen molar-refractivity contribution in [3.63, 3.8) is 0 Å². The maximum Gasteiger partial charge on any atom is 0.170 e. The summed E-state index contributed by atoms with van der Waals surface area (Å²) < 4.78 is 26.2. The molecule has 1 aromatic rings. The second-order valence-electron chi connectivity index (χ2n) is 17.6. The molecule has 5 aliphatic carbocycles. The number of aliphatic hydroxyl groups excluding tert-OH is 1. The van der Waals surface area contributed by atoms with Gasteiger partial charge in [-0.1, -0.05) is 51.1 Å². The van der Waals surface area contributed by atoms with Crippen molar-refractivity contribution in [2.75, 3.05) is 26.3 Å². The van der Waals surface area contributed by atoms with E-state index in [1.54, 1.807) is 0 Å². The molecule has 0 radical (unpaired) electrons. The zero-order valence-electron chi connectivity index (χ0n) is 29.3. The maximum absolute atomic E-state index is 10.5. The summed E-state index contributed by atoms with van der Waals surface area (Å²) in [5.74, 6) is 3.02. The fourth-order valence-corrected chi connectivity index (χ4v) is 13.4. The molecule has 1 aromatic carbocycles. The van der Waals surface area contributed by atoms with Crippen molar-refractivity contribution in [3.8, 4) is 0 Å². The first-order chi connectivity index (χ1) is 22.1. The zero-order chi connectivity index (χ0) is 31.9. The Hall–Kier alpha value is -1.02. The van der Waals surface area contributed by atoms with E-state index < -0.39 is 6.10 Å². The highest BCUT2D eigenvalue weighted by molar-refractivity contribution is 5.29. The van der Waals surface area contributed by atoms with Crippen molar-refractivity contribution in [3.05, 3.63) is 35.9 Å². The molecular formula is C40H61NO5. The van der Waals surface area contributed by atoms with Crippen LogP contribution in [0.3, 0.4) is 0 Å². The number of hydrogen-bond donors (Lipinski definition) is 1. The van der Waals surface area contributed by atoms with Crippen LogP contribution in [0, 0.1) is 45.3 Å². The number of nitrogens with zero attached hydrogens (tertiary/aromatic N) is 1. The average Bonchev–Trinajstić information content (AvgIpc) is 3.61. The third-order valence-corrected chi connectivity index (χ3v) is 15.4. The fraction of sp³-hybridized carbons (Fsp3) is 0.850. The Morgan fingerprint density at radius 1 is 0.957 bits per heavy atom. The van der Waals surface area contributed by atoms with Gasteiger partial charge in [0.05, 0.1) is 31.0 Å². The van der Waals surface area contributed by atoms with E-state index in [2.05, 4.69) is 56.0 Å². The highest BCUT2D eigenvalue weighted by Gasteiger charge is 2.80. The van der Waals surface area contributed by atoms with Gasteiger partial charge in [0.15, 0.2) is 6.29 Å². The van der Waals surface area contributed by atoms with Gasteiger partial charge in [-0.05, 0) is 129 Å². The lowest BCUT2D eigenvalue weighted by molar-refractivity contribution is -0.245. The Balaban J connectivity index is 0.944. The molecule has 46 heavy (non-hydrogen) atoms. The van der Waals surface area contributed by atoms with Gasteiger partial charge in [0, 0.05) is 26.2 Å². The Bertz CT molecular complexity index is 1240. The quantitative estimate of drug-likeness (QED) is 0.326. The van der Waals surface area contributed by atoms with Gasteiger partial charge in [-0.2, -0.15) is 0 Å². The van der Waals surface area contributed by atoms with Gasteiger partial charge in [-0.3, -0.25) is 4.90 Å². The molecule has 2 heterocycles. The van der Waals surface area contributed by atoms with Gasteiger partial charge >= 0.3 is 0 Å². The second-order valence-corrected chi connectivity index (χ2v) is 17.6. The molecule has 2 spiro atoms. The van der Waals surface area contributed by atoms with Gasteiger partial charge in [0.25, 0.3) is 0 Å². The van der Waals surface area contributed by atoms with E-state index in [0.717, 1.165) is 50.4 Å². The minimum absolute atomic E-state index is 0.0246. The summed E-state index contributed by atoms with van der Waals surface area (Å²) in [6.07, 6.45) is 12.7. The van der Waals surface area contributed by atoms with Crippen molar-refractivity contribution in [2.24, 2.45) is 45.3 Å². The molecule has 0 aromatic heterocycles.